The van der Waals surface area contributed by atoms with Gasteiger partial charge in [0.2, 0.25) is 0 Å². The zero-order chi connectivity index (χ0) is 25.6. The molecule has 0 aliphatic heterocycles. The second-order valence-electron chi connectivity index (χ2n) is 13.3. The molecule has 0 saturated heterocycles. The van der Waals surface area contributed by atoms with Crippen LogP contribution in [0.3, 0.4) is 0 Å². The lowest BCUT2D eigenvalue weighted by Gasteiger charge is -2.34. The van der Waals surface area contributed by atoms with Crippen molar-refractivity contribution < 1.29 is 14.3 Å². The van der Waals surface area contributed by atoms with E-state index in [1.165, 1.54) is 22.3 Å². The van der Waals surface area contributed by atoms with Gasteiger partial charge in [-0.2, -0.15) is 0 Å². The molecular weight excluding hydrogens is 440 g/mol. The fraction of sp³-hybridized carbons (Fsp3) is 0.571. The van der Waals surface area contributed by atoms with E-state index in [9.17, 15) is 9.59 Å². The average Bonchev–Trinajstić information content (AvgIpc) is 2.63. The summed E-state index contributed by atoms with van der Waals surface area (Å²) in [5.41, 5.74) is 4.62. The molecule has 0 spiro atoms. The van der Waals surface area contributed by atoms with E-state index in [0.717, 1.165) is 21.9 Å². The van der Waals surface area contributed by atoms with Crippen molar-refractivity contribution in [3.05, 3.63) is 46.5 Å². The molecule has 0 heterocycles. The van der Waals surface area contributed by atoms with Crippen LogP contribution in [-0.2, 0) is 21.7 Å². The molecule has 0 aliphatic carbocycles. The van der Waals surface area contributed by atoms with Crippen LogP contribution in [-0.4, -0.2) is 29.1 Å². The van der Waals surface area contributed by atoms with Crippen molar-refractivity contribution in [2.24, 2.45) is 0 Å². The van der Waals surface area contributed by atoms with Crippen LogP contribution in [0.25, 0.3) is 0 Å². The standard InChI is InChI=1S/C28H46O3Si2/c1-25(2,3)17-13-15-19(23(32-29)21(17)27(7,8)9)31-20-16-14-18(26(4,5)6)22(24(20)33-30)28(10,11)12/h13-16,29-30H,32-33H2,1-12H3. The number of benzene rings is 2. The summed E-state index contributed by atoms with van der Waals surface area (Å²) in [4.78, 5) is 21.2. The van der Waals surface area contributed by atoms with Crippen LogP contribution in [0.5, 0.6) is 11.5 Å². The Labute approximate surface area is 206 Å². The highest BCUT2D eigenvalue weighted by Gasteiger charge is 2.32. The van der Waals surface area contributed by atoms with Gasteiger partial charge in [-0.3, -0.25) is 0 Å². The molecule has 2 aromatic carbocycles. The molecule has 33 heavy (non-hydrogen) atoms. The summed E-state index contributed by atoms with van der Waals surface area (Å²) < 4.78 is 6.58. The third-order valence-electron chi connectivity index (χ3n) is 6.19. The molecule has 0 aliphatic rings. The first-order chi connectivity index (χ1) is 14.8. The van der Waals surface area contributed by atoms with Gasteiger partial charge < -0.3 is 14.3 Å². The molecule has 2 N–H and O–H groups in total. The summed E-state index contributed by atoms with van der Waals surface area (Å²) in [5, 5.41) is 1.94. The van der Waals surface area contributed by atoms with E-state index < -0.39 is 19.5 Å². The van der Waals surface area contributed by atoms with E-state index in [1.54, 1.807) is 0 Å². The second-order valence-corrected chi connectivity index (χ2v) is 15.4. The topological polar surface area (TPSA) is 49.7 Å². The molecule has 2 rings (SSSR count). The lowest BCUT2D eigenvalue weighted by molar-refractivity contribution is 0.472. The molecule has 0 bridgehead atoms. The number of hydrogen-bond donors (Lipinski definition) is 2. The minimum Gasteiger partial charge on any atom is -0.457 e. The van der Waals surface area contributed by atoms with Crippen molar-refractivity contribution in [1.29, 1.82) is 0 Å². The highest BCUT2D eigenvalue weighted by atomic mass is 28.2. The highest BCUT2D eigenvalue weighted by Crippen LogP contribution is 2.38. The van der Waals surface area contributed by atoms with Gasteiger partial charge in [0.1, 0.15) is 11.5 Å². The summed E-state index contributed by atoms with van der Waals surface area (Å²) >= 11 is 0. The van der Waals surface area contributed by atoms with E-state index in [-0.39, 0.29) is 21.7 Å². The predicted molar refractivity (Wildman–Crippen MR) is 149 cm³/mol. The van der Waals surface area contributed by atoms with E-state index in [4.69, 9.17) is 4.74 Å². The van der Waals surface area contributed by atoms with Gasteiger partial charge in [0.15, 0.2) is 19.5 Å². The second kappa shape index (κ2) is 9.33. The highest BCUT2D eigenvalue weighted by molar-refractivity contribution is 6.49. The van der Waals surface area contributed by atoms with Crippen LogP contribution in [0.15, 0.2) is 24.3 Å². The Bertz CT molecular complexity index is 917. The summed E-state index contributed by atoms with van der Waals surface area (Å²) in [7, 11) is -3.01. The van der Waals surface area contributed by atoms with Crippen molar-refractivity contribution in [3.8, 4) is 11.5 Å². The predicted octanol–water partition coefficient (Wildman–Crippen LogP) is 4.07. The molecule has 0 amide bonds. The van der Waals surface area contributed by atoms with Gasteiger partial charge in [-0.05, 0) is 56.0 Å². The van der Waals surface area contributed by atoms with Crippen molar-refractivity contribution in [3.63, 3.8) is 0 Å². The molecule has 0 atom stereocenters. The van der Waals surface area contributed by atoms with Crippen LogP contribution in [0.1, 0.15) is 105 Å². The third kappa shape index (κ3) is 6.00. The van der Waals surface area contributed by atoms with Crippen LogP contribution in [0.2, 0.25) is 0 Å². The van der Waals surface area contributed by atoms with Gasteiger partial charge in [0, 0.05) is 10.4 Å². The molecule has 0 radical (unpaired) electrons. The van der Waals surface area contributed by atoms with Gasteiger partial charge in [-0.1, -0.05) is 95.2 Å². The Morgan fingerprint density at radius 2 is 0.818 bits per heavy atom. The Hall–Kier alpha value is -1.41. The number of rotatable bonds is 4. The maximum Gasteiger partial charge on any atom is 0.192 e. The fourth-order valence-corrected chi connectivity index (χ4v) is 7.29. The summed E-state index contributed by atoms with van der Waals surface area (Å²) in [6.07, 6.45) is 0. The molecule has 0 aromatic heterocycles. The van der Waals surface area contributed by atoms with Gasteiger partial charge in [-0.25, -0.2) is 0 Å². The van der Waals surface area contributed by atoms with Gasteiger partial charge in [0.25, 0.3) is 0 Å². The largest absolute Gasteiger partial charge is 0.457 e. The molecule has 184 valence electrons. The smallest absolute Gasteiger partial charge is 0.192 e. The van der Waals surface area contributed by atoms with Gasteiger partial charge in [-0.15, -0.1) is 0 Å². The van der Waals surface area contributed by atoms with Crippen molar-refractivity contribution in [1.82, 2.24) is 0 Å². The summed E-state index contributed by atoms with van der Waals surface area (Å²) in [6.45, 7) is 26.5. The number of hydrogen-bond acceptors (Lipinski definition) is 3. The monoisotopic (exact) mass is 486 g/mol. The zero-order valence-corrected chi connectivity index (χ0v) is 25.9. The van der Waals surface area contributed by atoms with E-state index in [0.29, 0.717) is 0 Å². The Balaban J connectivity index is 2.81. The normalized spacial score (nSPS) is 14.1. The lowest BCUT2D eigenvalue weighted by Crippen LogP contribution is -2.35. The molecule has 3 nitrogen and oxygen atoms in total. The lowest BCUT2D eigenvalue weighted by atomic mass is 9.75. The quantitative estimate of drug-likeness (QED) is 0.641. The van der Waals surface area contributed by atoms with E-state index >= 15 is 0 Å². The first-order valence-electron chi connectivity index (χ1n) is 12.1. The van der Waals surface area contributed by atoms with E-state index in [2.05, 4.69) is 95.2 Å². The maximum absolute atomic E-state index is 10.6. The van der Waals surface area contributed by atoms with Gasteiger partial charge >= 0.3 is 0 Å². The molecule has 5 heteroatoms. The van der Waals surface area contributed by atoms with E-state index in [1.807, 2.05) is 12.1 Å². The molecule has 0 fully saturated rings. The van der Waals surface area contributed by atoms with Crippen LogP contribution < -0.4 is 15.1 Å². The minimum atomic E-state index is -1.50. The third-order valence-corrected chi connectivity index (χ3v) is 8.23. The minimum absolute atomic E-state index is 0.0314. The first kappa shape index (κ1) is 27.8. The molecule has 0 unspecified atom stereocenters. The molecule has 0 saturated carbocycles. The van der Waals surface area contributed by atoms with Crippen LogP contribution >= 0.6 is 0 Å². The maximum atomic E-state index is 10.6. The molecule has 2 aromatic rings. The molecular formula is C28H46O3Si2. The average molecular weight is 487 g/mol. The van der Waals surface area contributed by atoms with Crippen LogP contribution in [0.4, 0.5) is 0 Å². The Morgan fingerprint density at radius 1 is 0.515 bits per heavy atom. The summed E-state index contributed by atoms with van der Waals surface area (Å²) in [6, 6.07) is 8.36. The van der Waals surface area contributed by atoms with Gasteiger partial charge in [0.05, 0.1) is 0 Å². The SMILES string of the molecule is CC(C)(C)c1ccc(Oc2ccc(C(C)(C)C)c(C(C)(C)C)c2[SiH2]O)c([SiH2]O)c1C(C)(C)C. The van der Waals surface area contributed by atoms with Crippen LogP contribution in [0, 0.1) is 0 Å². The fourth-order valence-electron chi connectivity index (χ4n) is 4.84. The zero-order valence-electron chi connectivity index (χ0n) is 23.0. The number of ether oxygens (including phenoxy) is 1. The Kier molecular flexibility index (Phi) is 7.87. The van der Waals surface area contributed by atoms with Crippen molar-refractivity contribution in [2.45, 2.75) is 105 Å². The Morgan fingerprint density at radius 3 is 1.03 bits per heavy atom. The van der Waals surface area contributed by atoms with Crippen molar-refractivity contribution in [2.75, 3.05) is 0 Å². The summed E-state index contributed by atoms with van der Waals surface area (Å²) in [5.74, 6) is 1.46. The van der Waals surface area contributed by atoms with Crippen molar-refractivity contribution >= 4 is 29.9 Å². The first-order valence-corrected chi connectivity index (χ1v) is 14.7.